The van der Waals surface area contributed by atoms with E-state index in [4.69, 9.17) is 4.74 Å². The minimum Gasteiger partial charge on any atom is -0.487 e. The molecule has 168 valence electrons. The predicted octanol–water partition coefficient (Wildman–Crippen LogP) is 4.27. The van der Waals surface area contributed by atoms with Gasteiger partial charge in [-0.2, -0.15) is 0 Å². The second kappa shape index (κ2) is 8.91. The highest BCUT2D eigenvalue weighted by molar-refractivity contribution is 7.92. The summed E-state index contributed by atoms with van der Waals surface area (Å²) in [6.45, 7) is 7.61. The minimum absolute atomic E-state index is 0.239. The van der Waals surface area contributed by atoms with Crippen molar-refractivity contribution in [1.82, 2.24) is 5.32 Å². The van der Waals surface area contributed by atoms with Gasteiger partial charge in [-0.1, -0.05) is 50.2 Å². The maximum Gasteiger partial charge on any atom is 0.241 e. The highest BCUT2D eigenvalue weighted by Crippen LogP contribution is 2.42. The van der Waals surface area contributed by atoms with E-state index >= 15 is 0 Å². The maximum absolute atomic E-state index is 13.1. The van der Waals surface area contributed by atoms with Crippen molar-refractivity contribution in [3.8, 4) is 5.75 Å². The first kappa shape index (κ1) is 23.1. The number of hydrogen-bond donors (Lipinski definition) is 1. The highest BCUT2D eigenvalue weighted by Gasteiger charge is 2.39. The lowest BCUT2D eigenvalue weighted by Gasteiger charge is -2.41. The van der Waals surface area contributed by atoms with E-state index in [1.807, 2.05) is 56.3 Å². The van der Waals surface area contributed by atoms with Crippen molar-refractivity contribution in [2.75, 3.05) is 17.1 Å². The first-order chi connectivity index (χ1) is 14.6. The molecule has 7 heteroatoms. The van der Waals surface area contributed by atoms with Crippen molar-refractivity contribution in [2.24, 2.45) is 0 Å². The van der Waals surface area contributed by atoms with Crippen molar-refractivity contribution in [1.29, 1.82) is 0 Å². The van der Waals surface area contributed by atoms with E-state index in [1.54, 1.807) is 0 Å². The monoisotopic (exact) mass is 444 g/mol. The molecule has 2 aromatic carbocycles. The van der Waals surface area contributed by atoms with Crippen LogP contribution in [0.3, 0.4) is 0 Å². The van der Waals surface area contributed by atoms with Crippen LogP contribution < -0.4 is 14.4 Å². The van der Waals surface area contributed by atoms with Gasteiger partial charge in [0.25, 0.3) is 0 Å². The Morgan fingerprint density at radius 1 is 1.10 bits per heavy atom. The first-order valence-electron chi connectivity index (χ1n) is 10.7. The van der Waals surface area contributed by atoms with Crippen molar-refractivity contribution in [3.05, 3.63) is 59.2 Å². The zero-order valence-corrected chi connectivity index (χ0v) is 19.8. The Morgan fingerprint density at radius 3 is 2.29 bits per heavy atom. The Kier molecular flexibility index (Phi) is 6.65. The normalized spacial score (nSPS) is 17.4. The highest BCUT2D eigenvalue weighted by atomic mass is 32.2. The second-order valence-corrected chi connectivity index (χ2v) is 10.3. The molecule has 31 heavy (non-hydrogen) atoms. The molecule has 1 amide bonds. The van der Waals surface area contributed by atoms with Gasteiger partial charge < -0.3 is 10.1 Å². The van der Waals surface area contributed by atoms with Crippen LogP contribution in [0.15, 0.2) is 42.5 Å². The summed E-state index contributed by atoms with van der Waals surface area (Å²) in [7, 11) is -3.64. The number of ether oxygens (including phenoxy) is 1. The third-order valence-corrected chi connectivity index (χ3v) is 7.31. The minimum atomic E-state index is -3.64. The molecule has 1 heterocycles. The summed E-state index contributed by atoms with van der Waals surface area (Å²) in [6, 6.07) is 13.1. The number of amides is 1. The molecule has 0 aromatic heterocycles. The van der Waals surface area contributed by atoms with Gasteiger partial charge in [-0.15, -0.1) is 0 Å². The quantitative estimate of drug-likeness (QED) is 0.692. The zero-order chi connectivity index (χ0) is 22.8. The molecule has 0 radical (unpaired) electrons. The van der Waals surface area contributed by atoms with Gasteiger partial charge in [-0.25, -0.2) is 8.42 Å². The van der Waals surface area contributed by atoms with E-state index in [0.717, 1.165) is 41.5 Å². The Balaban J connectivity index is 1.89. The first-order valence-corrected chi connectivity index (χ1v) is 12.6. The number of benzene rings is 2. The Labute approximate surface area is 185 Å². The van der Waals surface area contributed by atoms with Crippen LogP contribution in [0, 0.1) is 13.8 Å². The molecular weight excluding hydrogens is 412 g/mol. The fourth-order valence-corrected chi connectivity index (χ4v) is 5.33. The number of aryl methyl sites for hydroxylation is 2. The van der Waals surface area contributed by atoms with E-state index in [2.05, 4.69) is 19.2 Å². The van der Waals surface area contributed by atoms with Crippen molar-refractivity contribution < 1.29 is 17.9 Å². The van der Waals surface area contributed by atoms with Crippen LogP contribution >= 0.6 is 0 Å². The summed E-state index contributed by atoms with van der Waals surface area (Å²) in [5, 5.41) is 3.08. The number of nitrogens with one attached hydrogen (secondary N) is 1. The molecule has 0 bridgehead atoms. The molecule has 6 nitrogen and oxygen atoms in total. The standard InChI is InChI=1S/C24H32N2O4S/c1-6-24(7-2)15-20(19-13-8-9-14-21(19)30-24)25-22(27)16-26(31(5,28)29)23-17(3)11-10-12-18(23)4/h8-14,20H,6-7,15-16H2,1-5H3,(H,25,27). The second-order valence-electron chi connectivity index (χ2n) is 8.36. The van der Waals surface area contributed by atoms with E-state index in [0.29, 0.717) is 12.1 Å². The number of fused-ring (bicyclic) bond motifs is 1. The molecule has 2 aromatic rings. The zero-order valence-electron chi connectivity index (χ0n) is 18.9. The third-order valence-electron chi connectivity index (χ3n) is 6.20. The molecule has 3 rings (SSSR count). The molecule has 1 N–H and O–H groups in total. The van der Waals surface area contributed by atoms with Gasteiger partial charge in [0.1, 0.15) is 17.9 Å². The van der Waals surface area contributed by atoms with Gasteiger partial charge in [0.2, 0.25) is 15.9 Å². The molecular formula is C24H32N2O4S. The van der Waals surface area contributed by atoms with Crippen molar-refractivity contribution in [2.45, 2.75) is 58.6 Å². The summed E-state index contributed by atoms with van der Waals surface area (Å²) in [5.74, 6) is 0.438. The molecule has 0 spiro atoms. The van der Waals surface area contributed by atoms with Crippen LogP contribution in [0.5, 0.6) is 5.75 Å². The van der Waals surface area contributed by atoms with Crippen LogP contribution in [0.2, 0.25) is 0 Å². The SMILES string of the molecule is CCC1(CC)CC(NC(=O)CN(c2c(C)cccc2C)S(C)(=O)=O)c2ccccc2O1. The average Bonchev–Trinajstić information content (AvgIpc) is 2.72. The van der Waals surface area contributed by atoms with Gasteiger partial charge in [-0.3, -0.25) is 9.10 Å². The summed E-state index contributed by atoms with van der Waals surface area (Å²) < 4.78 is 32.7. The lowest BCUT2D eigenvalue weighted by atomic mass is 9.83. The van der Waals surface area contributed by atoms with E-state index in [9.17, 15) is 13.2 Å². The summed E-state index contributed by atoms with van der Waals surface area (Å²) in [6.07, 6.45) is 3.42. The summed E-state index contributed by atoms with van der Waals surface area (Å²) in [5.41, 5.74) is 2.75. The van der Waals surface area contributed by atoms with Crippen molar-refractivity contribution >= 4 is 21.6 Å². The number of para-hydroxylation sites is 2. The molecule has 0 saturated heterocycles. The largest absolute Gasteiger partial charge is 0.487 e. The number of carbonyl (C=O) groups excluding carboxylic acids is 1. The van der Waals surface area contributed by atoms with E-state index in [-0.39, 0.29) is 24.1 Å². The molecule has 1 atom stereocenters. The number of nitrogens with zero attached hydrogens (tertiary/aromatic N) is 1. The van der Waals surface area contributed by atoms with Crippen LogP contribution in [-0.4, -0.2) is 32.7 Å². The lowest BCUT2D eigenvalue weighted by molar-refractivity contribution is -0.121. The van der Waals surface area contributed by atoms with Gasteiger partial charge in [0.05, 0.1) is 18.0 Å². The number of carbonyl (C=O) groups is 1. The van der Waals surface area contributed by atoms with Gasteiger partial charge in [0.15, 0.2) is 0 Å². The average molecular weight is 445 g/mol. The molecule has 1 aliphatic rings. The number of sulfonamides is 1. The Morgan fingerprint density at radius 2 is 1.71 bits per heavy atom. The number of anilines is 1. The van der Waals surface area contributed by atoms with E-state index < -0.39 is 10.0 Å². The molecule has 0 saturated carbocycles. The molecule has 0 aliphatic carbocycles. The predicted molar refractivity (Wildman–Crippen MR) is 124 cm³/mol. The van der Waals surface area contributed by atoms with E-state index in [1.165, 1.54) is 4.31 Å². The van der Waals surface area contributed by atoms with Crippen LogP contribution in [0.25, 0.3) is 0 Å². The van der Waals surface area contributed by atoms with Crippen LogP contribution in [0.1, 0.15) is 55.8 Å². The van der Waals surface area contributed by atoms with Gasteiger partial charge >= 0.3 is 0 Å². The fourth-order valence-electron chi connectivity index (χ4n) is 4.36. The Hall–Kier alpha value is -2.54. The number of rotatable bonds is 7. The van der Waals surface area contributed by atoms with Crippen molar-refractivity contribution in [3.63, 3.8) is 0 Å². The smallest absolute Gasteiger partial charge is 0.241 e. The summed E-state index contributed by atoms with van der Waals surface area (Å²) in [4.78, 5) is 13.1. The lowest BCUT2D eigenvalue weighted by Crippen LogP contribution is -2.47. The topological polar surface area (TPSA) is 75.7 Å². The molecule has 1 unspecified atom stereocenters. The van der Waals surface area contributed by atoms with Crippen LogP contribution in [-0.2, 0) is 14.8 Å². The maximum atomic E-state index is 13.1. The molecule has 0 fully saturated rings. The Bertz CT molecular complexity index is 1040. The van der Waals surface area contributed by atoms with Gasteiger partial charge in [-0.05, 0) is 43.9 Å². The number of hydrogen-bond acceptors (Lipinski definition) is 4. The van der Waals surface area contributed by atoms with Gasteiger partial charge in [0, 0.05) is 12.0 Å². The van der Waals surface area contributed by atoms with Crippen LogP contribution in [0.4, 0.5) is 5.69 Å². The fraction of sp³-hybridized carbons (Fsp3) is 0.458. The molecule has 1 aliphatic heterocycles. The summed E-state index contributed by atoms with van der Waals surface area (Å²) >= 11 is 0. The third kappa shape index (κ3) is 4.87.